The lowest BCUT2D eigenvalue weighted by Gasteiger charge is -2.32. The summed E-state index contributed by atoms with van der Waals surface area (Å²) in [5.74, 6) is 0.777. The van der Waals surface area contributed by atoms with Gasteiger partial charge in [-0.25, -0.2) is 13.1 Å². The first-order valence-corrected chi connectivity index (χ1v) is 11.5. The zero-order chi connectivity index (χ0) is 20.5. The van der Waals surface area contributed by atoms with E-state index >= 15 is 0 Å². The Balaban J connectivity index is 1.41. The van der Waals surface area contributed by atoms with Crippen molar-refractivity contribution >= 4 is 15.7 Å². The molecule has 0 unspecified atom stereocenters. The number of nitrogens with one attached hydrogen (secondary N) is 1. The third kappa shape index (κ3) is 4.74. The van der Waals surface area contributed by atoms with Gasteiger partial charge in [0.25, 0.3) is 0 Å². The lowest BCUT2D eigenvalue weighted by atomic mass is 9.94. The number of ether oxygens (including phenoxy) is 2. The van der Waals surface area contributed by atoms with Crippen molar-refractivity contribution in [2.45, 2.75) is 43.7 Å². The molecule has 0 radical (unpaired) electrons. The summed E-state index contributed by atoms with van der Waals surface area (Å²) >= 11 is 0. The number of anilines is 1. The molecule has 1 N–H and O–H groups in total. The van der Waals surface area contributed by atoms with Crippen LogP contribution in [0.15, 0.2) is 47.4 Å². The van der Waals surface area contributed by atoms with Crippen LogP contribution < -0.4 is 14.4 Å². The minimum Gasteiger partial charge on any atom is -0.488 e. The number of nitrogens with zero attached hydrogens (tertiary/aromatic N) is 1. The minimum absolute atomic E-state index is 0.209. The molecule has 29 heavy (non-hydrogen) atoms. The Kier molecular flexibility index (Phi) is 5.55. The predicted octanol–water partition coefficient (Wildman–Crippen LogP) is 3.11. The van der Waals surface area contributed by atoms with E-state index in [9.17, 15) is 8.42 Å². The fraction of sp³-hybridized carbons (Fsp3) is 0.455. The SMILES string of the molecule is CC1(C)CCc2cc(S(=O)(=O)NCc3ccc(N4CCOCC4)cc3)ccc2O1. The summed E-state index contributed by atoms with van der Waals surface area (Å²) in [6, 6.07) is 13.1. The smallest absolute Gasteiger partial charge is 0.240 e. The van der Waals surface area contributed by atoms with Crippen LogP contribution in [0.5, 0.6) is 5.75 Å². The van der Waals surface area contributed by atoms with Gasteiger partial charge in [0, 0.05) is 25.3 Å². The van der Waals surface area contributed by atoms with Crippen molar-refractivity contribution in [2.75, 3.05) is 31.2 Å². The molecule has 0 spiro atoms. The van der Waals surface area contributed by atoms with Crippen molar-refractivity contribution in [2.24, 2.45) is 0 Å². The van der Waals surface area contributed by atoms with Crippen molar-refractivity contribution in [3.05, 3.63) is 53.6 Å². The summed E-state index contributed by atoms with van der Waals surface area (Å²) in [5, 5.41) is 0. The molecule has 0 aromatic heterocycles. The quantitative estimate of drug-likeness (QED) is 0.811. The molecule has 156 valence electrons. The first-order valence-electron chi connectivity index (χ1n) is 10.1. The average molecular weight is 417 g/mol. The molecule has 2 heterocycles. The largest absolute Gasteiger partial charge is 0.488 e. The molecule has 0 atom stereocenters. The Morgan fingerprint density at radius 1 is 1.07 bits per heavy atom. The zero-order valence-corrected chi connectivity index (χ0v) is 17.8. The highest BCUT2D eigenvalue weighted by Gasteiger charge is 2.27. The van der Waals surface area contributed by atoms with Gasteiger partial charge in [-0.1, -0.05) is 12.1 Å². The van der Waals surface area contributed by atoms with Crippen molar-refractivity contribution in [1.82, 2.24) is 4.72 Å². The standard InChI is InChI=1S/C22H28N2O4S/c1-22(2)10-9-18-15-20(7-8-21(18)28-22)29(25,26)23-16-17-3-5-19(6-4-17)24-11-13-27-14-12-24/h3-8,15,23H,9-14,16H2,1-2H3. The van der Waals surface area contributed by atoms with Crippen LogP contribution in [0.1, 0.15) is 31.4 Å². The number of rotatable bonds is 5. The molecular weight excluding hydrogens is 388 g/mol. The number of sulfonamides is 1. The molecule has 6 nitrogen and oxygen atoms in total. The molecule has 2 aromatic rings. The Morgan fingerprint density at radius 2 is 1.79 bits per heavy atom. The lowest BCUT2D eigenvalue weighted by molar-refractivity contribution is 0.0845. The van der Waals surface area contributed by atoms with E-state index < -0.39 is 10.0 Å². The van der Waals surface area contributed by atoms with Gasteiger partial charge in [0.1, 0.15) is 11.4 Å². The third-order valence-corrected chi connectivity index (χ3v) is 6.90. The van der Waals surface area contributed by atoms with Crippen molar-refractivity contribution in [3.8, 4) is 5.75 Å². The molecule has 0 amide bonds. The molecular formula is C22H28N2O4S. The molecule has 4 rings (SSSR count). The monoisotopic (exact) mass is 416 g/mol. The third-order valence-electron chi connectivity index (χ3n) is 5.50. The summed E-state index contributed by atoms with van der Waals surface area (Å²) in [6.07, 6.45) is 1.68. The molecule has 1 fully saturated rings. The van der Waals surface area contributed by atoms with E-state index in [-0.39, 0.29) is 17.0 Å². The number of hydrogen-bond acceptors (Lipinski definition) is 5. The van der Waals surface area contributed by atoms with Crippen LogP contribution in [-0.2, 0) is 27.7 Å². The van der Waals surface area contributed by atoms with E-state index in [0.29, 0.717) is 0 Å². The molecule has 1 saturated heterocycles. The fourth-order valence-corrected chi connectivity index (χ4v) is 4.78. The Morgan fingerprint density at radius 3 is 2.52 bits per heavy atom. The highest BCUT2D eigenvalue weighted by Crippen LogP contribution is 2.34. The number of benzene rings is 2. The lowest BCUT2D eigenvalue weighted by Crippen LogP contribution is -2.36. The summed E-state index contributed by atoms with van der Waals surface area (Å²) < 4.78 is 39.6. The number of aryl methyl sites for hydroxylation is 1. The molecule has 0 saturated carbocycles. The second kappa shape index (κ2) is 7.97. The molecule has 2 aromatic carbocycles. The van der Waals surface area contributed by atoms with Crippen molar-refractivity contribution in [3.63, 3.8) is 0 Å². The van der Waals surface area contributed by atoms with Crippen LogP contribution in [0.4, 0.5) is 5.69 Å². The maximum atomic E-state index is 12.8. The summed E-state index contributed by atoms with van der Waals surface area (Å²) in [5.41, 5.74) is 2.80. The first-order chi connectivity index (χ1) is 13.8. The van der Waals surface area contributed by atoms with Crippen LogP contribution in [-0.4, -0.2) is 40.3 Å². The van der Waals surface area contributed by atoms with Gasteiger partial charge in [0.05, 0.1) is 18.1 Å². The topological polar surface area (TPSA) is 67.9 Å². The van der Waals surface area contributed by atoms with Gasteiger partial charge in [-0.05, 0) is 68.1 Å². The second-order valence-electron chi connectivity index (χ2n) is 8.22. The van der Waals surface area contributed by atoms with E-state index in [0.717, 1.165) is 61.7 Å². The highest BCUT2D eigenvalue weighted by molar-refractivity contribution is 7.89. The molecule has 0 aliphatic carbocycles. The number of morpholine rings is 1. The van der Waals surface area contributed by atoms with Crippen LogP contribution in [0.2, 0.25) is 0 Å². The Hall–Kier alpha value is -2.09. The number of fused-ring (bicyclic) bond motifs is 1. The van der Waals surface area contributed by atoms with E-state index in [2.05, 4.69) is 9.62 Å². The maximum Gasteiger partial charge on any atom is 0.240 e. The van der Waals surface area contributed by atoms with E-state index in [4.69, 9.17) is 9.47 Å². The van der Waals surface area contributed by atoms with Gasteiger partial charge >= 0.3 is 0 Å². The predicted molar refractivity (Wildman–Crippen MR) is 113 cm³/mol. The van der Waals surface area contributed by atoms with Gasteiger partial charge in [-0.15, -0.1) is 0 Å². The summed E-state index contributed by atoms with van der Waals surface area (Å²) in [6.45, 7) is 7.59. The van der Waals surface area contributed by atoms with Gasteiger partial charge in [-0.2, -0.15) is 0 Å². The average Bonchev–Trinajstić information content (AvgIpc) is 2.72. The second-order valence-corrected chi connectivity index (χ2v) is 9.99. The molecule has 2 aliphatic heterocycles. The zero-order valence-electron chi connectivity index (χ0n) is 17.0. The normalized spacial score (nSPS) is 18.8. The minimum atomic E-state index is -3.58. The summed E-state index contributed by atoms with van der Waals surface area (Å²) in [7, 11) is -3.58. The highest BCUT2D eigenvalue weighted by atomic mass is 32.2. The molecule has 7 heteroatoms. The van der Waals surface area contributed by atoms with Gasteiger partial charge in [0.2, 0.25) is 10.0 Å². The molecule has 0 bridgehead atoms. The fourth-order valence-electron chi connectivity index (χ4n) is 3.71. The number of hydrogen-bond donors (Lipinski definition) is 1. The summed E-state index contributed by atoms with van der Waals surface area (Å²) in [4.78, 5) is 2.55. The molecule has 2 aliphatic rings. The van der Waals surface area contributed by atoms with Gasteiger partial charge in [0.15, 0.2) is 0 Å². The first kappa shape index (κ1) is 20.2. The van der Waals surface area contributed by atoms with Gasteiger partial charge < -0.3 is 14.4 Å². The van der Waals surface area contributed by atoms with E-state index in [1.807, 2.05) is 38.1 Å². The Labute approximate surface area is 172 Å². The Bertz CT molecular complexity index is 965. The van der Waals surface area contributed by atoms with Crippen molar-refractivity contribution < 1.29 is 17.9 Å². The van der Waals surface area contributed by atoms with Crippen LogP contribution in [0.25, 0.3) is 0 Å². The van der Waals surface area contributed by atoms with E-state index in [1.165, 1.54) is 0 Å². The van der Waals surface area contributed by atoms with Crippen LogP contribution in [0, 0.1) is 0 Å². The van der Waals surface area contributed by atoms with Crippen LogP contribution >= 0.6 is 0 Å². The maximum absolute atomic E-state index is 12.8. The van der Waals surface area contributed by atoms with Crippen molar-refractivity contribution in [1.29, 1.82) is 0 Å². The van der Waals surface area contributed by atoms with E-state index in [1.54, 1.807) is 18.2 Å². The van der Waals surface area contributed by atoms with Gasteiger partial charge in [-0.3, -0.25) is 0 Å². The van der Waals surface area contributed by atoms with Crippen LogP contribution in [0.3, 0.4) is 0 Å².